The summed E-state index contributed by atoms with van der Waals surface area (Å²) in [5.74, 6) is 0.241. The summed E-state index contributed by atoms with van der Waals surface area (Å²) in [5.41, 5.74) is 0.242. The Morgan fingerprint density at radius 3 is 2.73 bits per heavy atom. The molecule has 174 valence electrons. The topological polar surface area (TPSA) is 82.4 Å². The number of halogens is 1. The zero-order valence-corrected chi connectivity index (χ0v) is 19.3. The van der Waals surface area contributed by atoms with Gasteiger partial charge in [-0.3, -0.25) is 9.36 Å². The molecular formula is C23H26FN5O3S. The second-order valence-corrected chi connectivity index (χ2v) is 9.67. The van der Waals surface area contributed by atoms with Crippen molar-refractivity contribution in [3.63, 3.8) is 0 Å². The van der Waals surface area contributed by atoms with Gasteiger partial charge in [-0.05, 0) is 36.8 Å². The molecule has 8 nitrogen and oxygen atoms in total. The van der Waals surface area contributed by atoms with Crippen LogP contribution >= 0.6 is 11.8 Å². The quantitative estimate of drug-likeness (QED) is 0.542. The molecule has 0 amide bonds. The van der Waals surface area contributed by atoms with Gasteiger partial charge in [0.2, 0.25) is 0 Å². The van der Waals surface area contributed by atoms with E-state index in [4.69, 9.17) is 9.47 Å². The molecule has 1 aromatic carbocycles. The maximum absolute atomic E-state index is 15.3. The lowest BCUT2D eigenvalue weighted by molar-refractivity contribution is 0.133. The van der Waals surface area contributed by atoms with Crippen LogP contribution in [0.1, 0.15) is 19.3 Å². The normalized spacial score (nSPS) is 17.8. The van der Waals surface area contributed by atoms with Gasteiger partial charge in [0.05, 0.1) is 48.9 Å². The molecule has 0 saturated carbocycles. The molecule has 0 aliphatic carbocycles. The predicted octanol–water partition coefficient (Wildman–Crippen LogP) is 3.13. The Morgan fingerprint density at radius 1 is 1.18 bits per heavy atom. The van der Waals surface area contributed by atoms with Crippen LogP contribution in [0.4, 0.5) is 10.2 Å². The maximum atomic E-state index is 15.3. The fraction of sp³-hybridized carbons (Fsp3) is 0.478. The molecule has 3 aromatic rings. The number of benzene rings is 1. The van der Waals surface area contributed by atoms with Crippen LogP contribution in [0.5, 0.6) is 0 Å². The van der Waals surface area contributed by atoms with E-state index in [1.165, 1.54) is 10.9 Å². The fourth-order valence-electron chi connectivity index (χ4n) is 4.51. The molecule has 0 atom stereocenters. The van der Waals surface area contributed by atoms with Gasteiger partial charge in [-0.15, -0.1) is 0 Å². The summed E-state index contributed by atoms with van der Waals surface area (Å²) in [6.07, 6.45) is 8.16. The number of rotatable bonds is 6. The number of nitrogens with zero attached hydrogens (tertiary/aromatic N) is 5. The van der Waals surface area contributed by atoms with E-state index in [1.54, 1.807) is 31.6 Å². The lowest BCUT2D eigenvalue weighted by Crippen LogP contribution is -2.40. The minimum Gasteiger partial charge on any atom is -0.383 e. The highest BCUT2D eigenvalue weighted by Gasteiger charge is 2.38. The molecule has 10 heteroatoms. The molecular weight excluding hydrogens is 445 g/mol. The molecule has 4 heterocycles. The van der Waals surface area contributed by atoms with Gasteiger partial charge in [-0.25, -0.2) is 19.3 Å². The van der Waals surface area contributed by atoms with E-state index >= 15 is 4.39 Å². The zero-order valence-electron chi connectivity index (χ0n) is 18.5. The molecule has 2 fully saturated rings. The molecule has 33 heavy (non-hydrogen) atoms. The first kappa shape index (κ1) is 22.2. The van der Waals surface area contributed by atoms with Crippen molar-refractivity contribution in [2.75, 3.05) is 44.9 Å². The lowest BCUT2D eigenvalue weighted by atomic mass is 9.78. The van der Waals surface area contributed by atoms with Crippen LogP contribution in [-0.4, -0.2) is 59.5 Å². The summed E-state index contributed by atoms with van der Waals surface area (Å²) in [6, 6.07) is 3.28. The van der Waals surface area contributed by atoms with Crippen molar-refractivity contribution in [1.82, 2.24) is 19.5 Å². The second-order valence-electron chi connectivity index (χ2n) is 8.61. The van der Waals surface area contributed by atoms with Gasteiger partial charge >= 0.3 is 0 Å². The summed E-state index contributed by atoms with van der Waals surface area (Å²) in [5, 5.41) is 0.541. The molecule has 1 spiro atoms. The third-order valence-corrected chi connectivity index (χ3v) is 7.55. The lowest BCUT2D eigenvalue weighted by Gasteiger charge is -2.38. The van der Waals surface area contributed by atoms with Crippen molar-refractivity contribution in [3.8, 4) is 0 Å². The zero-order chi connectivity index (χ0) is 22.8. The van der Waals surface area contributed by atoms with Crippen LogP contribution in [0.25, 0.3) is 10.9 Å². The number of hydrogen-bond acceptors (Lipinski definition) is 8. The standard InChI is InChI=1S/C23H26FN5O3S/c1-31-11-9-29-15-27-16-2-3-17(21(24)20(16)22(29)30)33-19-13-25-18(12-26-19)28-7-4-23(5-8-28)6-10-32-14-23/h2-3,12-13,15H,4-11,14H2,1H3. The van der Waals surface area contributed by atoms with E-state index in [1.807, 2.05) is 0 Å². The Morgan fingerprint density at radius 2 is 2.03 bits per heavy atom. The van der Waals surface area contributed by atoms with Crippen molar-refractivity contribution < 1.29 is 13.9 Å². The fourth-order valence-corrected chi connectivity index (χ4v) is 5.27. The average Bonchev–Trinajstić information content (AvgIpc) is 3.29. The van der Waals surface area contributed by atoms with Crippen molar-refractivity contribution in [2.45, 2.75) is 35.7 Å². The monoisotopic (exact) mass is 471 g/mol. The largest absolute Gasteiger partial charge is 0.383 e. The van der Waals surface area contributed by atoms with Crippen LogP contribution in [0, 0.1) is 11.2 Å². The molecule has 2 aliphatic heterocycles. The van der Waals surface area contributed by atoms with Crippen LogP contribution in [0.3, 0.4) is 0 Å². The molecule has 0 unspecified atom stereocenters. The Labute approximate surface area is 195 Å². The summed E-state index contributed by atoms with van der Waals surface area (Å²) in [4.78, 5) is 28.6. The molecule has 0 N–H and O–H groups in total. The maximum Gasteiger partial charge on any atom is 0.264 e. The molecule has 2 aromatic heterocycles. The van der Waals surface area contributed by atoms with Crippen molar-refractivity contribution in [3.05, 3.63) is 47.0 Å². The molecule has 0 bridgehead atoms. The van der Waals surface area contributed by atoms with Crippen LogP contribution in [-0.2, 0) is 16.0 Å². The molecule has 0 radical (unpaired) electrons. The van der Waals surface area contributed by atoms with Crippen LogP contribution in [0.2, 0.25) is 0 Å². The third kappa shape index (κ3) is 4.47. The van der Waals surface area contributed by atoms with E-state index in [9.17, 15) is 4.79 Å². The molecule has 2 saturated heterocycles. The van der Waals surface area contributed by atoms with E-state index in [-0.39, 0.29) is 5.39 Å². The first-order valence-corrected chi connectivity index (χ1v) is 11.9. The van der Waals surface area contributed by atoms with Crippen molar-refractivity contribution in [2.24, 2.45) is 5.41 Å². The van der Waals surface area contributed by atoms with Gasteiger partial charge in [-0.1, -0.05) is 11.8 Å². The Bertz CT molecular complexity index is 1190. The van der Waals surface area contributed by atoms with E-state index in [2.05, 4.69) is 19.9 Å². The minimum absolute atomic E-state index is 0.0266. The van der Waals surface area contributed by atoms with Crippen molar-refractivity contribution in [1.29, 1.82) is 0 Å². The minimum atomic E-state index is -0.590. The van der Waals surface area contributed by atoms with Gasteiger partial charge in [-0.2, -0.15) is 0 Å². The Balaban J connectivity index is 1.32. The summed E-state index contributed by atoms with van der Waals surface area (Å²) >= 11 is 1.15. The van der Waals surface area contributed by atoms with Gasteiger partial charge in [0.15, 0.2) is 5.82 Å². The number of aromatic nitrogens is 4. The highest BCUT2D eigenvalue weighted by molar-refractivity contribution is 7.99. The van der Waals surface area contributed by atoms with Gasteiger partial charge < -0.3 is 14.4 Å². The number of hydrogen-bond donors (Lipinski definition) is 0. The smallest absolute Gasteiger partial charge is 0.264 e. The van der Waals surface area contributed by atoms with E-state index in [0.717, 1.165) is 63.1 Å². The number of fused-ring (bicyclic) bond motifs is 1. The van der Waals surface area contributed by atoms with E-state index in [0.29, 0.717) is 34.0 Å². The first-order chi connectivity index (χ1) is 16.1. The SMILES string of the molecule is COCCn1cnc2ccc(Sc3cnc(N4CCC5(CCOC5)CC4)cn3)c(F)c2c1=O. The second kappa shape index (κ2) is 9.36. The van der Waals surface area contributed by atoms with E-state index < -0.39 is 11.4 Å². The number of methoxy groups -OCH3 is 1. The van der Waals surface area contributed by atoms with Gasteiger partial charge in [0, 0.05) is 26.8 Å². The average molecular weight is 472 g/mol. The summed E-state index contributed by atoms with van der Waals surface area (Å²) in [6.45, 7) is 4.27. The summed E-state index contributed by atoms with van der Waals surface area (Å²) < 4.78 is 27.2. The summed E-state index contributed by atoms with van der Waals surface area (Å²) in [7, 11) is 1.55. The molecule has 5 rings (SSSR count). The Kier molecular flexibility index (Phi) is 6.31. The third-order valence-electron chi connectivity index (χ3n) is 6.59. The van der Waals surface area contributed by atoms with Crippen LogP contribution in [0.15, 0.2) is 45.6 Å². The number of ether oxygens (including phenoxy) is 2. The Hall–Kier alpha value is -2.56. The predicted molar refractivity (Wildman–Crippen MR) is 123 cm³/mol. The highest BCUT2D eigenvalue weighted by atomic mass is 32.2. The van der Waals surface area contributed by atoms with Gasteiger partial charge in [0.1, 0.15) is 16.2 Å². The van der Waals surface area contributed by atoms with Crippen LogP contribution < -0.4 is 10.5 Å². The molecule has 2 aliphatic rings. The van der Waals surface area contributed by atoms with Crippen molar-refractivity contribution >= 4 is 28.5 Å². The van der Waals surface area contributed by atoms with Gasteiger partial charge in [0.25, 0.3) is 5.56 Å². The number of anilines is 1. The first-order valence-electron chi connectivity index (χ1n) is 11.1. The number of piperidine rings is 1. The highest BCUT2D eigenvalue weighted by Crippen LogP contribution is 2.40.